The van der Waals surface area contributed by atoms with Crippen molar-refractivity contribution in [2.45, 2.75) is 31.0 Å². The first-order chi connectivity index (χ1) is 12.6. The highest BCUT2D eigenvalue weighted by molar-refractivity contribution is 5.68. The van der Waals surface area contributed by atoms with Crippen molar-refractivity contribution in [2.24, 2.45) is 0 Å². The molecule has 3 rings (SSSR count). The summed E-state index contributed by atoms with van der Waals surface area (Å²) < 4.78 is 19.4. The highest BCUT2D eigenvalue weighted by atomic mass is 19.1. The minimum atomic E-state index is -1.06. The molecule has 136 valence electrons. The summed E-state index contributed by atoms with van der Waals surface area (Å²) in [5.41, 5.74) is 0.852. The summed E-state index contributed by atoms with van der Waals surface area (Å²) in [4.78, 5) is 13.4. The number of hydrogen-bond acceptors (Lipinski definition) is 2. The fraction of sp³-hybridized carbons (Fsp3) is 0.286. The van der Waals surface area contributed by atoms with Gasteiger partial charge < -0.3 is 9.84 Å². The maximum absolute atomic E-state index is 13.6. The first-order valence-electron chi connectivity index (χ1n) is 8.59. The quantitative estimate of drug-likeness (QED) is 0.759. The average Bonchev–Trinajstić information content (AvgIpc) is 3.03. The SMILES string of the molecule is C=C[C@@]1(COCc2ccccc2)CC[C@@H](c2cccc(F)c2)N1C(=O)O. The Hall–Kier alpha value is -2.66. The summed E-state index contributed by atoms with van der Waals surface area (Å²) in [6.07, 6.45) is 1.76. The number of hydrogen-bond donors (Lipinski definition) is 1. The van der Waals surface area contributed by atoms with Crippen LogP contribution >= 0.6 is 0 Å². The Labute approximate surface area is 152 Å². The van der Waals surface area contributed by atoms with E-state index in [1.807, 2.05) is 30.3 Å². The van der Waals surface area contributed by atoms with Crippen molar-refractivity contribution < 1.29 is 19.0 Å². The molecule has 1 N–H and O–H groups in total. The lowest BCUT2D eigenvalue weighted by molar-refractivity contribution is 0.0228. The second-order valence-corrected chi connectivity index (χ2v) is 6.55. The molecule has 1 amide bonds. The van der Waals surface area contributed by atoms with Gasteiger partial charge in [-0.25, -0.2) is 9.18 Å². The van der Waals surface area contributed by atoms with Crippen LogP contribution in [0.2, 0.25) is 0 Å². The molecule has 0 bridgehead atoms. The van der Waals surface area contributed by atoms with Crippen LogP contribution in [0, 0.1) is 5.82 Å². The third-order valence-electron chi connectivity index (χ3n) is 4.93. The van der Waals surface area contributed by atoms with Crippen molar-refractivity contribution >= 4 is 6.09 Å². The third-order valence-corrected chi connectivity index (χ3v) is 4.93. The number of nitrogens with zero attached hydrogens (tertiary/aromatic N) is 1. The van der Waals surface area contributed by atoms with Gasteiger partial charge in [0.25, 0.3) is 0 Å². The fourth-order valence-electron chi connectivity index (χ4n) is 3.62. The smallest absolute Gasteiger partial charge is 0.408 e. The molecule has 0 radical (unpaired) electrons. The fourth-order valence-corrected chi connectivity index (χ4v) is 3.62. The normalized spacial score (nSPS) is 22.3. The maximum Gasteiger partial charge on any atom is 0.408 e. The molecule has 1 heterocycles. The van der Waals surface area contributed by atoms with Crippen LogP contribution in [0.5, 0.6) is 0 Å². The van der Waals surface area contributed by atoms with E-state index in [4.69, 9.17) is 4.74 Å². The molecule has 2 aromatic carbocycles. The molecular weight excluding hydrogens is 333 g/mol. The second-order valence-electron chi connectivity index (χ2n) is 6.55. The standard InChI is InChI=1S/C21H22FNO3/c1-2-21(15-26-14-16-7-4-3-5-8-16)12-11-19(23(21)20(24)25)17-9-6-10-18(22)13-17/h2-10,13,19H,1,11-12,14-15H2,(H,24,25)/t19-,21-/m0/s1. The van der Waals surface area contributed by atoms with E-state index in [-0.39, 0.29) is 12.4 Å². The molecule has 0 aliphatic carbocycles. The summed E-state index contributed by atoms with van der Waals surface area (Å²) >= 11 is 0. The summed E-state index contributed by atoms with van der Waals surface area (Å²) in [5.74, 6) is -0.371. The summed E-state index contributed by atoms with van der Waals surface area (Å²) in [6.45, 7) is 4.47. The highest BCUT2D eigenvalue weighted by Crippen LogP contribution is 2.43. The van der Waals surface area contributed by atoms with E-state index in [9.17, 15) is 14.3 Å². The Kier molecular flexibility index (Phi) is 5.38. The lowest BCUT2D eigenvalue weighted by Crippen LogP contribution is -2.49. The van der Waals surface area contributed by atoms with E-state index in [0.29, 0.717) is 25.0 Å². The highest BCUT2D eigenvalue weighted by Gasteiger charge is 2.48. The molecule has 5 heteroatoms. The molecule has 2 atom stereocenters. The van der Waals surface area contributed by atoms with Crippen molar-refractivity contribution in [1.29, 1.82) is 0 Å². The first kappa shape index (κ1) is 18.1. The summed E-state index contributed by atoms with van der Waals surface area (Å²) in [5, 5.41) is 9.83. The van der Waals surface area contributed by atoms with Crippen molar-refractivity contribution in [2.75, 3.05) is 6.61 Å². The monoisotopic (exact) mass is 355 g/mol. The number of likely N-dealkylation sites (tertiary alicyclic amines) is 1. The molecule has 0 spiro atoms. The lowest BCUT2D eigenvalue weighted by Gasteiger charge is -2.37. The Morgan fingerprint density at radius 3 is 2.73 bits per heavy atom. The Bertz CT molecular complexity index is 780. The summed E-state index contributed by atoms with van der Waals surface area (Å²) in [6, 6.07) is 15.4. The zero-order valence-electron chi connectivity index (χ0n) is 14.5. The van der Waals surface area contributed by atoms with Crippen LogP contribution in [0.1, 0.15) is 30.0 Å². The number of carbonyl (C=O) groups is 1. The van der Waals surface area contributed by atoms with Crippen LogP contribution in [0.25, 0.3) is 0 Å². The molecule has 1 fully saturated rings. The van der Waals surface area contributed by atoms with Gasteiger partial charge in [-0.2, -0.15) is 0 Å². The van der Waals surface area contributed by atoms with Gasteiger partial charge in [0.1, 0.15) is 5.82 Å². The van der Waals surface area contributed by atoms with Crippen LogP contribution in [-0.2, 0) is 11.3 Å². The van der Waals surface area contributed by atoms with Gasteiger partial charge in [-0.05, 0) is 36.1 Å². The van der Waals surface area contributed by atoms with Gasteiger partial charge in [0.2, 0.25) is 0 Å². The van der Waals surface area contributed by atoms with Crippen molar-refractivity contribution in [3.05, 3.63) is 84.2 Å². The van der Waals surface area contributed by atoms with E-state index in [1.165, 1.54) is 17.0 Å². The average molecular weight is 355 g/mol. The summed E-state index contributed by atoms with van der Waals surface area (Å²) in [7, 11) is 0. The minimum absolute atomic E-state index is 0.212. The van der Waals surface area contributed by atoms with Gasteiger partial charge in [-0.1, -0.05) is 48.5 Å². The molecule has 0 unspecified atom stereocenters. The Morgan fingerprint density at radius 1 is 1.31 bits per heavy atom. The first-order valence-corrected chi connectivity index (χ1v) is 8.59. The van der Waals surface area contributed by atoms with E-state index in [1.54, 1.807) is 18.2 Å². The third kappa shape index (κ3) is 3.63. The molecule has 26 heavy (non-hydrogen) atoms. The van der Waals surface area contributed by atoms with Gasteiger partial charge in [0.05, 0.1) is 24.8 Å². The van der Waals surface area contributed by atoms with Gasteiger partial charge in [0, 0.05) is 0 Å². The number of carboxylic acid groups (broad SMARTS) is 1. The Morgan fingerprint density at radius 2 is 2.08 bits per heavy atom. The lowest BCUT2D eigenvalue weighted by atomic mass is 9.97. The van der Waals surface area contributed by atoms with Gasteiger partial charge >= 0.3 is 6.09 Å². The van der Waals surface area contributed by atoms with Crippen molar-refractivity contribution in [3.8, 4) is 0 Å². The van der Waals surface area contributed by atoms with Crippen LogP contribution in [0.15, 0.2) is 67.3 Å². The van der Waals surface area contributed by atoms with Crippen LogP contribution < -0.4 is 0 Å². The van der Waals surface area contributed by atoms with Crippen molar-refractivity contribution in [3.63, 3.8) is 0 Å². The number of amides is 1. The molecule has 2 aromatic rings. The molecule has 0 saturated carbocycles. The van der Waals surface area contributed by atoms with E-state index < -0.39 is 17.7 Å². The van der Waals surface area contributed by atoms with Gasteiger partial charge in [0.15, 0.2) is 0 Å². The second kappa shape index (κ2) is 7.70. The predicted octanol–water partition coefficient (Wildman–Crippen LogP) is 4.78. The van der Waals surface area contributed by atoms with Crippen LogP contribution in [-0.4, -0.2) is 28.2 Å². The van der Waals surface area contributed by atoms with E-state index in [2.05, 4.69) is 6.58 Å². The van der Waals surface area contributed by atoms with Crippen LogP contribution in [0.3, 0.4) is 0 Å². The van der Waals surface area contributed by atoms with E-state index in [0.717, 1.165) is 5.56 Å². The van der Waals surface area contributed by atoms with Gasteiger partial charge in [-0.15, -0.1) is 6.58 Å². The molecule has 1 saturated heterocycles. The van der Waals surface area contributed by atoms with Crippen LogP contribution in [0.4, 0.5) is 9.18 Å². The van der Waals surface area contributed by atoms with E-state index >= 15 is 0 Å². The maximum atomic E-state index is 13.6. The topological polar surface area (TPSA) is 49.8 Å². The van der Waals surface area contributed by atoms with Gasteiger partial charge in [-0.3, -0.25) is 4.90 Å². The number of halogens is 1. The zero-order chi connectivity index (χ0) is 18.6. The predicted molar refractivity (Wildman–Crippen MR) is 97.3 cm³/mol. The number of ether oxygens (including phenoxy) is 1. The minimum Gasteiger partial charge on any atom is -0.465 e. The molecular formula is C21H22FNO3. The number of rotatable bonds is 6. The molecule has 0 aromatic heterocycles. The zero-order valence-corrected chi connectivity index (χ0v) is 14.5. The van der Waals surface area contributed by atoms with Crippen molar-refractivity contribution in [1.82, 2.24) is 4.90 Å². The molecule has 4 nitrogen and oxygen atoms in total. The number of benzene rings is 2. The largest absolute Gasteiger partial charge is 0.465 e. The molecule has 1 aliphatic rings. The Balaban J connectivity index is 1.79. The molecule has 1 aliphatic heterocycles.